The Kier molecular flexibility index (Phi) is 9.89. The van der Waals surface area contributed by atoms with Crippen molar-refractivity contribution in [3.8, 4) is 0 Å². The van der Waals surface area contributed by atoms with Crippen LogP contribution in [0.2, 0.25) is 0 Å². The Morgan fingerprint density at radius 3 is 2.83 bits per heavy atom. The van der Waals surface area contributed by atoms with Gasteiger partial charge in [0.25, 0.3) is 0 Å². The Morgan fingerprint density at radius 2 is 2.07 bits per heavy atom. The van der Waals surface area contributed by atoms with Crippen LogP contribution in [-0.2, 0) is 4.74 Å². The summed E-state index contributed by atoms with van der Waals surface area (Å²) in [5.74, 6) is 1.66. The van der Waals surface area contributed by atoms with Crippen molar-refractivity contribution in [3.63, 3.8) is 0 Å². The van der Waals surface area contributed by atoms with Crippen molar-refractivity contribution in [1.29, 1.82) is 0 Å². The number of unbranched alkanes of at least 4 members (excludes halogenated alkanes) is 1. The minimum absolute atomic E-state index is 0.166. The van der Waals surface area contributed by atoms with Crippen molar-refractivity contribution in [2.45, 2.75) is 83.8 Å². The van der Waals surface area contributed by atoms with Gasteiger partial charge in [0.15, 0.2) is 0 Å². The van der Waals surface area contributed by atoms with Crippen molar-refractivity contribution >= 4 is 0 Å². The van der Waals surface area contributed by atoms with Crippen molar-refractivity contribution in [3.05, 3.63) is 23.8 Å². The highest BCUT2D eigenvalue weighted by Gasteiger charge is 2.43. The molecule has 3 aliphatic rings. The van der Waals surface area contributed by atoms with Crippen molar-refractivity contribution < 1.29 is 14.9 Å². The van der Waals surface area contributed by atoms with E-state index in [2.05, 4.69) is 30.9 Å². The maximum atomic E-state index is 10.5. The summed E-state index contributed by atoms with van der Waals surface area (Å²) >= 11 is 0. The van der Waals surface area contributed by atoms with Crippen LogP contribution in [0.15, 0.2) is 23.8 Å². The Balaban J connectivity index is 1.36. The third-order valence-corrected chi connectivity index (χ3v) is 7.45. The van der Waals surface area contributed by atoms with Gasteiger partial charge in [-0.15, -0.1) is 0 Å². The number of fused-ring (bicyclic) bond motifs is 1. The highest BCUT2D eigenvalue weighted by Crippen LogP contribution is 2.47. The molecule has 0 amide bonds. The fourth-order valence-electron chi connectivity index (χ4n) is 5.73. The molecule has 2 fully saturated rings. The van der Waals surface area contributed by atoms with Gasteiger partial charge < -0.3 is 19.8 Å². The molecule has 1 saturated heterocycles. The van der Waals surface area contributed by atoms with Crippen LogP contribution < -0.4 is 0 Å². The normalized spacial score (nSPS) is 31.4. The van der Waals surface area contributed by atoms with E-state index in [0.717, 1.165) is 38.9 Å². The Morgan fingerprint density at radius 1 is 1.27 bits per heavy atom. The van der Waals surface area contributed by atoms with Crippen LogP contribution in [0, 0.1) is 23.7 Å². The lowest BCUT2D eigenvalue weighted by atomic mass is 9.88. The number of aliphatic hydroxyl groups excluding tert-OH is 2. The molecule has 2 N–H and O–H groups in total. The zero-order chi connectivity index (χ0) is 21.3. The lowest BCUT2D eigenvalue weighted by molar-refractivity contribution is 0.130. The molecule has 1 heterocycles. The molecule has 0 radical (unpaired) electrons. The SMILES string of the molecule is CCCC[C@H](C)C[C@H](O)C=C[C@@H]1[C@H]2CC(COCCCN3CCCC3)=C[C@H]2C[C@H]1O. The lowest BCUT2D eigenvalue weighted by Gasteiger charge is -2.19. The highest BCUT2D eigenvalue weighted by molar-refractivity contribution is 5.21. The van der Waals surface area contributed by atoms with E-state index < -0.39 is 6.10 Å². The van der Waals surface area contributed by atoms with Crippen LogP contribution in [0.1, 0.15) is 71.6 Å². The minimum Gasteiger partial charge on any atom is -0.392 e. The number of hydrogen-bond donors (Lipinski definition) is 2. The summed E-state index contributed by atoms with van der Waals surface area (Å²) in [5, 5.41) is 20.9. The van der Waals surface area contributed by atoms with E-state index in [-0.39, 0.29) is 12.0 Å². The largest absolute Gasteiger partial charge is 0.392 e. The van der Waals surface area contributed by atoms with E-state index in [1.165, 1.54) is 57.3 Å². The van der Waals surface area contributed by atoms with Gasteiger partial charge in [-0.1, -0.05) is 51.3 Å². The van der Waals surface area contributed by atoms with Gasteiger partial charge in [-0.25, -0.2) is 0 Å². The number of aliphatic hydroxyl groups is 2. The summed E-state index contributed by atoms with van der Waals surface area (Å²) in [4.78, 5) is 2.54. The van der Waals surface area contributed by atoms with E-state index in [4.69, 9.17) is 4.74 Å². The van der Waals surface area contributed by atoms with Gasteiger partial charge in [-0.05, 0) is 74.9 Å². The van der Waals surface area contributed by atoms with Crippen LogP contribution in [-0.4, -0.2) is 60.2 Å². The summed E-state index contributed by atoms with van der Waals surface area (Å²) in [6.07, 6.45) is 15.9. The topological polar surface area (TPSA) is 52.9 Å². The molecular weight excluding hydrogens is 374 g/mol. The second-order valence-electron chi connectivity index (χ2n) is 10.1. The van der Waals surface area contributed by atoms with Crippen LogP contribution in [0.25, 0.3) is 0 Å². The summed E-state index contributed by atoms with van der Waals surface area (Å²) in [5.41, 5.74) is 1.41. The third-order valence-electron chi connectivity index (χ3n) is 7.45. The van der Waals surface area contributed by atoms with E-state index in [9.17, 15) is 10.2 Å². The quantitative estimate of drug-likeness (QED) is 0.339. The molecule has 0 aromatic heterocycles. The van der Waals surface area contributed by atoms with Gasteiger partial charge in [0.2, 0.25) is 0 Å². The molecule has 0 bridgehead atoms. The first kappa shape index (κ1) is 24.0. The summed E-state index contributed by atoms with van der Waals surface area (Å²) in [6.45, 7) is 9.73. The van der Waals surface area contributed by atoms with E-state index in [1.54, 1.807) is 0 Å². The molecule has 4 nitrogen and oxygen atoms in total. The van der Waals surface area contributed by atoms with Gasteiger partial charge in [-0.3, -0.25) is 0 Å². The lowest BCUT2D eigenvalue weighted by Crippen LogP contribution is -2.21. The highest BCUT2D eigenvalue weighted by atomic mass is 16.5. The van der Waals surface area contributed by atoms with Crippen LogP contribution >= 0.6 is 0 Å². The fourth-order valence-corrected chi connectivity index (χ4v) is 5.73. The molecule has 30 heavy (non-hydrogen) atoms. The molecule has 0 aromatic carbocycles. The van der Waals surface area contributed by atoms with E-state index in [1.807, 2.05) is 6.08 Å². The average Bonchev–Trinajstić information content (AvgIpc) is 3.42. The van der Waals surface area contributed by atoms with Crippen molar-refractivity contribution in [2.24, 2.45) is 23.7 Å². The second-order valence-corrected chi connectivity index (χ2v) is 10.1. The zero-order valence-electron chi connectivity index (χ0n) is 19.3. The van der Waals surface area contributed by atoms with Gasteiger partial charge in [0.05, 0.1) is 18.8 Å². The van der Waals surface area contributed by atoms with Crippen LogP contribution in [0.5, 0.6) is 0 Å². The maximum absolute atomic E-state index is 10.5. The van der Waals surface area contributed by atoms with Crippen LogP contribution in [0.4, 0.5) is 0 Å². The Hall–Kier alpha value is -0.680. The van der Waals surface area contributed by atoms with E-state index in [0.29, 0.717) is 17.8 Å². The molecule has 3 rings (SSSR count). The molecule has 1 saturated carbocycles. The molecule has 0 unspecified atom stereocenters. The molecule has 2 aliphatic carbocycles. The predicted octanol–water partition coefficient (Wildman–Crippen LogP) is 4.57. The maximum Gasteiger partial charge on any atom is 0.0723 e. The predicted molar refractivity (Wildman–Crippen MR) is 123 cm³/mol. The summed E-state index contributed by atoms with van der Waals surface area (Å²) in [6, 6.07) is 0. The molecule has 0 spiro atoms. The summed E-state index contributed by atoms with van der Waals surface area (Å²) in [7, 11) is 0. The number of hydrogen-bond acceptors (Lipinski definition) is 4. The molecule has 1 aliphatic heterocycles. The second kappa shape index (κ2) is 12.4. The average molecular weight is 420 g/mol. The molecule has 6 atom stereocenters. The van der Waals surface area contributed by atoms with Gasteiger partial charge >= 0.3 is 0 Å². The van der Waals surface area contributed by atoms with Gasteiger partial charge in [0, 0.05) is 19.1 Å². The zero-order valence-corrected chi connectivity index (χ0v) is 19.3. The summed E-state index contributed by atoms with van der Waals surface area (Å²) < 4.78 is 5.96. The molecule has 0 aromatic rings. The standard InChI is InChI=1S/C26H45NO3/c1-3-4-8-20(2)15-23(28)9-10-24-25-17-21(16-22(25)18-26(24)29)19-30-14-7-13-27-11-5-6-12-27/h9-10,16,20,22-26,28-29H,3-8,11-15,17-19H2,1-2H3/t20-,22-,23+,24+,25-,26+/m0/s1. The monoisotopic (exact) mass is 419 g/mol. The number of rotatable bonds is 13. The van der Waals surface area contributed by atoms with Crippen LogP contribution in [0.3, 0.4) is 0 Å². The first-order valence-corrected chi connectivity index (χ1v) is 12.6. The number of allylic oxidation sites excluding steroid dienone is 1. The Bertz CT molecular complexity index is 554. The molecular formula is C26H45NO3. The third kappa shape index (κ3) is 7.19. The fraction of sp³-hybridized carbons (Fsp3) is 0.846. The smallest absolute Gasteiger partial charge is 0.0723 e. The van der Waals surface area contributed by atoms with Crippen molar-refractivity contribution in [1.82, 2.24) is 4.90 Å². The van der Waals surface area contributed by atoms with Gasteiger partial charge in [0.1, 0.15) is 0 Å². The first-order chi connectivity index (χ1) is 14.6. The van der Waals surface area contributed by atoms with Crippen molar-refractivity contribution in [2.75, 3.05) is 32.8 Å². The number of ether oxygens (including phenoxy) is 1. The minimum atomic E-state index is -0.393. The van der Waals surface area contributed by atoms with E-state index >= 15 is 0 Å². The van der Waals surface area contributed by atoms with Gasteiger partial charge in [-0.2, -0.15) is 0 Å². The Labute approximate surface area is 184 Å². The molecule has 4 heteroatoms. The first-order valence-electron chi connectivity index (χ1n) is 12.6. The molecule has 172 valence electrons. The number of likely N-dealkylation sites (tertiary alicyclic amines) is 1. The number of nitrogens with zero attached hydrogens (tertiary/aromatic N) is 1.